The fraction of sp³-hybridized carbons (Fsp3) is 0.105. The third-order valence-corrected chi connectivity index (χ3v) is 3.60. The number of carbonyl (C=O) groups excluding carboxylic acids is 1. The van der Waals surface area contributed by atoms with Crippen molar-refractivity contribution in [2.75, 3.05) is 17.2 Å². The molecule has 116 valence electrons. The minimum Gasteiger partial charge on any atom is -0.374 e. The van der Waals surface area contributed by atoms with Gasteiger partial charge in [0.25, 0.3) is 0 Å². The molecule has 0 aliphatic heterocycles. The van der Waals surface area contributed by atoms with Crippen molar-refractivity contribution in [3.63, 3.8) is 0 Å². The molecule has 0 aromatic heterocycles. The molecule has 0 saturated carbocycles. The second-order valence-corrected chi connectivity index (χ2v) is 5.45. The average molecular weight is 308 g/mol. The molecule has 0 aliphatic rings. The predicted molar refractivity (Wildman–Crippen MR) is 92.2 cm³/mol. The van der Waals surface area contributed by atoms with E-state index in [4.69, 9.17) is 0 Å². The van der Waals surface area contributed by atoms with E-state index in [2.05, 4.69) is 10.6 Å². The second-order valence-electron chi connectivity index (χ2n) is 5.45. The largest absolute Gasteiger partial charge is 0.374 e. The number of anilines is 2. The summed E-state index contributed by atoms with van der Waals surface area (Å²) in [4.78, 5) is 12.0. The summed E-state index contributed by atoms with van der Waals surface area (Å²) in [5, 5.41) is 7.80. The van der Waals surface area contributed by atoms with Gasteiger partial charge in [0.1, 0.15) is 5.82 Å². The van der Waals surface area contributed by atoms with E-state index in [0.29, 0.717) is 5.69 Å². The third kappa shape index (κ3) is 3.66. The van der Waals surface area contributed by atoms with Gasteiger partial charge in [0, 0.05) is 5.69 Å². The van der Waals surface area contributed by atoms with Crippen molar-refractivity contribution in [1.82, 2.24) is 0 Å². The number of rotatable bonds is 4. The van der Waals surface area contributed by atoms with Crippen LogP contribution in [0, 0.1) is 12.7 Å². The van der Waals surface area contributed by atoms with E-state index in [1.807, 2.05) is 49.4 Å². The molecule has 3 aromatic rings. The Morgan fingerprint density at radius 1 is 1.00 bits per heavy atom. The van der Waals surface area contributed by atoms with Gasteiger partial charge in [0.05, 0.1) is 12.2 Å². The Labute approximate surface area is 134 Å². The van der Waals surface area contributed by atoms with Crippen molar-refractivity contribution in [1.29, 1.82) is 0 Å². The zero-order valence-corrected chi connectivity index (χ0v) is 12.8. The van der Waals surface area contributed by atoms with E-state index in [-0.39, 0.29) is 18.3 Å². The number of aryl methyl sites for hydroxylation is 1. The lowest BCUT2D eigenvalue weighted by molar-refractivity contribution is -0.114. The molecule has 3 rings (SSSR count). The lowest BCUT2D eigenvalue weighted by atomic mass is 10.1. The topological polar surface area (TPSA) is 41.1 Å². The van der Waals surface area contributed by atoms with Gasteiger partial charge in [-0.2, -0.15) is 0 Å². The van der Waals surface area contributed by atoms with Gasteiger partial charge >= 0.3 is 0 Å². The van der Waals surface area contributed by atoms with Crippen molar-refractivity contribution in [3.8, 4) is 0 Å². The molecule has 23 heavy (non-hydrogen) atoms. The van der Waals surface area contributed by atoms with Crippen molar-refractivity contribution in [3.05, 3.63) is 72.0 Å². The molecule has 0 atom stereocenters. The maximum atomic E-state index is 13.7. The van der Waals surface area contributed by atoms with Crippen LogP contribution in [-0.2, 0) is 4.79 Å². The molecule has 4 heteroatoms. The van der Waals surface area contributed by atoms with Crippen LogP contribution in [0.15, 0.2) is 60.7 Å². The average Bonchev–Trinajstić information content (AvgIpc) is 2.54. The zero-order valence-electron chi connectivity index (χ0n) is 12.8. The van der Waals surface area contributed by atoms with Crippen LogP contribution in [0.1, 0.15) is 5.56 Å². The molecule has 3 nitrogen and oxygen atoms in total. The van der Waals surface area contributed by atoms with Crippen molar-refractivity contribution in [2.24, 2.45) is 0 Å². The number of halogens is 1. The highest BCUT2D eigenvalue weighted by Gasteiger charge is 2.06. The Balaban J connectivity index is 1.64. The molecule has 0 radical (unpaired) electrons. The van der Waals surface area contributed by atoms with Crippen LogP contribution >= 0.6 is 0 Å². The van der Waals surface area contributed by atoms with Gasteiger partial charge < -0.3 is 10.6 Å². The van der Waals surface area contributed by atoms with Crippen molar-refractivity contribution < 1.29 is 9.18 Å². The summed E-state index contributed by atoms with van der Waals surface area (Å²) in [6.07, 6.45) is 0. The van der Waals surface area contributed by atoms with Crippen LogP contribution in [0.2, 0.25) is 0 Å². The SMILES string of the molecule is Cc1ccc(NCC(=O)Nc2ccc3ccccc3c2)c(F)c1. The van der Waals surface area contributed by atoms with E-state index in [1.165, 1.54) is 6.07 Å². The minimum absolute atomic E-state index is 0.00675. The first-order valence-corrected chi connectivity index (χ1v) is 7.40. The minimum atomic E-state index is -0.358. The molecule has 0 spiro atoms. The Morgan fingerprint density at radius 3 is 2.57 bits per heavy atom. The number of benzene rings is 3. The number of fused-ring (bicyclic) bond motifs is 1. The summed E-state index contributed by atoms with van der Waals surface area (Å²) in [5.41, 5.74) is 1.89. The van der Waals surface area contributed by atoms with Crippen LogP contribution in [0.25, 0.3) is 10.8 Å². The normalized spacial score (nSPS) is 10.5. The van der Waals surface area contributed by atoms with Crippen LogP contribution in [-0.4, -0.2) is 12.5 Å². The van der Waals surface area contributed by atoms with Crippen molar-refractivity contribution in [2.45, 2.75) is 6.92 Å². The Kier molecular flexibility index (Phi) is 4.24. The quantitative estimate of drug-likeness (QED) is 0.753. The lowest BCUT2D eigenvalue weighted by Crippen LogP contribution is -2.22. The first-order valence-electron chi connectivity index (χ1n) is 7.40. The van der Waals surface area contributed by atoms with Crippen LogP contribution in [0.5, 0.6) is 0 Å². The van der Waals surface area contributed by atoms with Gasteiger partial charge in [-0.3, -0.25) is 4.79 Å². The smallest absolute Gasteiger partial charge is 0.243 e. The van der Waals surface area contributed by atoms with Gasteiger partial charge in [0.15, 0.2) is 0 Å². The molecule has 1 amide bonds. The predicted octanol–water partition coefficient (Wildman–Crippen LogP) is 4.34. The highest BCUT2D eigenvalue weighted by Crippen LogP contribution is 2.19. The Hall–Kier alpha value is -2.88. The fourth-order valence-corrected chi connectivity index (χ4v) is 2.41. The van der Waals surface area contributed by atoms with Gasteiger partial charge in [-0.15, -0.1) is 0 Å². The summed E-state index contributed by atoms with van der Waals surface area (Å²) >= 11 is 0. The highest BCUT2D eigenvalue weighted by molar-refractivity contribution is 5.96. The van der Waals surface area contributed by atoms with Gasteiger partial charge in [-0.25, -0.2) is 4.39 Å². The van der Waals surface area contributed by atoms with Crippen LogP contribution in [0.4, 0.5) is 15.8 Å². The second kappa shape index (κ2) is 6.48. The van der Waals surface area contributed by atoms with Crippen LogP contribution < -0.4 is 10.6 Å². The van der Waals surface area contributed by atoms with Gasteiger partial charge in [-0.1, -0.05) is 36.4 Å². The Morgan fingerprint density at radius 2 is 1.78 bits per heavy atom. The molecule has 3 aromatic carbocycles. The summed E-state index contributed by atoms with van der Waals surface area (Å²) in [7, 11) is 0. The standard InChI is InChI=1S/C19H17FN2O/c1-13-6-9-18(17(20)10-13)21-12-19(23)22-16-8-7-14-4-2-3-5-15(14)11-16/h2-11,21H,12H2,1H3,(H,22,23). The molecular weight excluding hydrogens is 291 g/mol. The summed E-state index contributed by atoms with van der Waals surface area (Å²) in [5.74, 6) is -0.580. The molecule has 0 bridgehead atoms. The number of carbonyl (C=O) groups is 1. The summed E-state index contributed by atoms with van der Waals surface area (Å²) in [6, 6.07) is 18.5. The van der Waals surface area contributed by atoms with Gasteiger partial charge in [0.2, 0.25) is 5.91 Å². The first kappa shape index (κ1) is 15.0. The third-order valence-electron chi connectivity index (χ3n) is 3.60. The number of hydrogen-bond donors (Lipinski definition) is 2. The summed E-state index contributed by atoms with van der Waals surface area (Å²) < 4.78 is 13.7. The zero-order chi connectivity index (χ0) is 16.2. The van der Waals surface area contributed by atoms with Crippen molar-refractivity contribution >= 4 is 28.1 Å². The maximum Gasteiger partial charge on any atom is 0.243 e. The van der Waals surface area contributed by atoms with E-state index < -0.39 is 0 Å². The Bertz CT molecular complexity index is 861. The monoisotopic (exact) mass is 308 g/mol. The molecule has 0 aliphatic carbocycles. The number of hydrogen-bond acceptors (Lipinski definition) is 2. The first-order chi connectivity index (χ1) is 11.1. The van der Waals surface area contributed by atoms with Crippen LogP contribution in [0.3, 0.4) is 0 Å². The van der Waals surface area contributed by atoms with E-state index in [0.717, 1.165) is 22.0 Å². The fourth-order valence-electron chi connectivity index (χ4n) is 2.41. The molecule has 0 heterocycles. The highest BCUT2D eigenvalue weighted by atomic mass is 19.1. The molecule has 0 fully saturated rings. The van der Waals surface area contributed by atoms with E-state index in [9.17, 15) is 9.18 Å². The maximum absolute atomic E-state index is 13.7. The molecule has 2 N–H and O–H groups in total. The van der Waals surface area contributed by atoms with E-state index >= 15 is 0 Å². The number of amides is 1. The van der Waals surface area contributed by atoms with Gasteiger partial charge in [-0.05, 0) is 47.5 Å². The number of nitrogens with one attached hydrogen (secondary N) is 2. The molecular formula is C19H17FN2O. The lowest BCUT2D eigenvalue weighted by Gasteiger charge is -2.09. The van der Waals surface area contributed by atoms with E-state index in [1.54, 1.807) is 12.1 Å². The summed E-state index contributed by atoms with van der Waals surface area (Å²) in [6.45, 7) is 1.83. The molecule has 0 saturated heterocycles. The molecule has 0 unspecified atom stereocenters.